The average Bonchev–Trinajstić information content (AvgIpc) is 2.76. The van der Waals surface area contributed by atoms with Gasteiger partial charge in [-0.25, -0.2) is 4.98 Å². The van der Waals surface area contributed by atoms with Gasteiger partial charge < -0.3 is 9.88 Å². The quantitative estimate of drug-likeness (QED) is 0.861. The second kappa shape index (κ2) is 5.28. The van der Waals surface area contributed by atoms with E-state index in [1.807, 2.05) is 42.1 Å². The molecule has 4 nitrogen and oxygen atoms in total. The topological polar surface area (TPSA) is 53.6 Å². The summed E-state index contributed by atoms with van der Waals surface area (Å²) in [5.41, 5.74) is 1.81. The van der Waals surface area contributed by atoms with E-state index in [1.54, 1.807) is 6.20 Å². The number of nitrogens with one attached hydrogen (secondary N) is 1. The molecule has 0 saturated heterocycles. The Balaban J connectivity index is 1.90. The summed E-state index contributed by atoms with van der Waals surface area (Å²) >= 11 is 0. The lowest BCUT2D eigenvalue weighted by Crippen LogP contribution is -2.15. The molecule has 0 saturated carbocycles. The normalized spacial score (nSPS) is 10.1. The number of nitrogens with zero attached hydrogens (tertiary/aromatic N) is 3. The Labute approximate surface area is 101 Å². The van der Waals surface area contributed by atoms with Gasteiger partial charge in [-0.05, 0) is 17.7 Å². The van der Waals surface area contributed by atoms with E-state index in [0.29, 0.717) is 5.56 Å². The molecule has 0 atom stereocenters. The predicted octanol–water partition coefficient (Wildman–Crippen LogP) is 1.58. The summed E-state index contributed by atoms with van der Waals surface area (Å²) in [6.45, 7) is 1.46. The van der Waals surface area contributed by atoms with Gasteiger partial charge in [0.25, 0.3) is 0 Å². The molecule has 0 aliphatic heterocycles. The third-order valence-electron chi connectivity index (χ3n) is 2.59. The van der Waals surface area contributed by atoms with Crippen LogP contribution in [-0.4, -0.2) is 9.55 Å². The van der Waals surface area contributed by atoms with Crippen molar-refractivity contribution in [3.8, 4) is 6.07 Å². The maximum atomic E-state index is 8.79. The van der Waals surface area contributed by atoms with E-state index < -0.39 is 0 Å². The molecule has 0 radical (unpaired) electrons. The van der Waals surface area contributed by atoms with Crippen molar-refractivity contribution < 1.29 is 0 Å². The van der Waals surface area contributed by atoms with E-state index in [4.69, 9.17) is 5.26 Å². The number of aryl methyl sites for hydroxylation is 1. The number of hydrogen-bond donors (Lipinski definition) is 1. The number of hydrogen-bond acceptors (Lipinski definition) is 3. The summed E-state index contributed by atoms with van der Waals surface area (Å²) in [6, 6.07) is 9.74. The van der Waals surface area contributed by atoms with Gasteiger partial charge in [0.1, 0.15) is 5.82 Å². The fourth-order valence-electron chi connectivity index (χ4n) is 1.64. The molecule has 1 heterocycles. The standard InChI is InChI=1S/C13H14N4/c1-17-6-5-16-13(17)10-15-9-12-4-2-3-11(7-12)8-14/h2-7,15H,9-10H2,1H3. The van der Waals surface area contributed by atoms with E-state index in [9.17, 15) is 0 Å². The molecule has 0 aliphatic carbocycles. The maximum Gasteiger partial charge on any atom is 0.122 e. The molecular weight excluding hydrogens is 212 g/mol. The van der Waals surface area contributed by atoms with Crippen LogP contribution in [-0.2, 0) is 20.1 Å². The number of imidazole rings is 1. The summed E-state index contributed by atoms with van der Waals surface area (Å²) < 4.78 is 1.98. The molecule has 2 aromatic rings. The number of rotatable bonds is 4. The van der Waals surface area contributed by atoms with Crippen LogP contribution in [0.25, 0.3) is 0 Å². The molecule has 17 heavy (non-hydrogen) atoms. The van der Waals surface area contributed by atoms with Crippen LogP contribution in [0.3, 0.4) is 0 Å². The van der Waals surface area contributed by atoms with Crippen molar-refractivity contribution in [3.05, 3.63) is 53.6 Å². The third-order valence-corrected chi connectivity index (χ3v) is 2.59. The summed E-state index contributed by atoms with van der Waals surface area (Å²) in [5, 5.41) is 12.1. The van der Waals surface area contributed by atoms with E-state index in [1.165, 1.54) is 0 Å². The highest BCUT2D eigenvalue weighted by Gasteiger charge is 1.99. The Morgan fingerprint density at radius 3 is 3.00 bits per heavy atom. The van der Waals surface area contributed by atoms with Crippen LogP contribution in [0.1, 0.15) is 17.0 Å². The van der Waals surface area contributed by atoms with Crippen LogP contribution >= 0.6 is 0 Å². The lowest BCUT2D eigenvalue weighted by Gasteiger charge is -2.05. The summed E-state index contributed by atoms with van der Waals surface area (Å²) in [7, 11) is 1.97. The lowest BCUT2D eigenvalue weighted by molar-refractivity contribution is 0.639. The molecule has 0 amide bonds. The molecule has 1 aromatic heterocycles. The number of nitriles is 1. The first-order valence-electron chi connectivity index (χ1n) is 5.45. The molecule has 1 N–H and O–H groups in total. The Hall–Kier alpha value is -2.12. The lowest BCUT2D eigenvalue weighted by atomic mass is 10.1. The van der Waals surface area contributed by atoms with Crippen molar-refractivity contribution >= 4 is 0 Å². The van der Waals surface area contributed by atoms with E-state index in [-0.39, 0.29) is 0 Å². The zero-order valence-electron chi connectivity index (χ0n) is 9.72. The van der Waals surface area contributed by atoms with Crippen LogP contribution in [0.2, 0.25) is 0 Å². The molecule has 2 rings (SSSR count). The highest BCUT2D eigenvalue weighted by Crippen LogP contribution is 2.04. The highest BCUT2D eigenvalue weighted by atomic mass is 15.1. The van der Waals surface area contributed by atoms with Gasteiger partial charge in [0.2, 0.25) is 0 Å². The number of aromatic nitrogens is 2. The van der Waals surface area contributed by atoms with Crippen molar-refractivity contribution in [2.75, 3.05) is 0 Å². The van der Waals surface area contributed by atoms with Gasteiger partial charge in [-0.3, -0.25) is 0 Å². The van der Waals surface area contributed by atoms with Gasteiger partial charge in [0.15, 0.2) is 0 Å². The highest BCUT2D eigenvalue weighted by molar-refractivity contribution is 5.32. The zero-order valence-corrected chi connectivity index (χ0v) is 9.72. The smallest absolute Gasteiger partial charge is 0.122 e. The average molecular weight is 226 g/mol. The molecule has 0 unspecified atom stereocenters. The van der Waals surface area contributed by atoms with Crippen LogP contribution in [0.15, 0.2) is 36.7 Å². The Morgan fingerprint density at radius 1 is 1.41 bits per heavy atom. The first-order chi connectivity index (χ1) is 8.29. The third kappa shape index (κ3) is 2.92. The Kier molecular flexibility index (Phi) is 3.53. The second-order valence-electron chi connectivity index (χ2n) is 3.87. The number of benzene rings is 1. The van der Waals surface area contributed by atoms with E-state index in [0.717, 1.165) is 24.5 Å². The summed E-state index contributed by atoms with van der Waals surface area (Å²) in [5.74, 6) is 1.00. The molecule has 1 aromatic carbocycles. The first-order valence-corrected chi connectivity index (χ1v) is 5.45. The van der Waals surface area contributed by atoms with Crippen molar-refractivity contribution in [3.63, 3.8) is 0 Å². The second-order valence-corrected chi connectivity index (χ2v) is 3.87. The predicted molar refractivity (Wildman–Crippen MR) is 64.9 cm³/mol. The van der Waals surface area contributed by atoms with E-state index in [2.05, 4.69) is 16.4 Å². The fraction of sp³-hybridized carbons (Fsp3) is 0.231. The van der Waals surface area contributed by atoms with Gasteiger partial charge in [-0.15, -0.1) is 0 Å². The molecule has 86 valence electrons. The Bertz CT molecular complexity index is 536. The molecule has 0 fully saturated rings. The van der Waals surface area contributed by atoms with Crippen molar-refractivity contribution in [1.29, 1.82) is 5.26 Å². The Morgan fingerprint density at radius 2 is 2.29 bits per heavy atom. The molecule has 0 aliphatic rings. The van der Waals surface area contributed by atoms with Crippen LogP contribution in [0.4, 0.5) is 0 Å². The van der Waals surface area contributed by atoms with Gasteiger partial charge >= 0.3 is 0 Å². The minimum atomic E-state index is 0.696. The largest absolute Gasteiger partial charge is 0.337 e. The van der Waals surface area contributed by atoms with E-state index >= 15 is 0 Å². The molecule has 4 heteroatoms. The minimum absolute atomic E-state index is 0.696. The first kappa shape index (κ1) is 11.4. The van der Waals surface area contributed by atoms with Crippen molar-refractivity contribution in [2.24, 2.45) is 7.05 Å². The minimum Gasteiger partial charge on any atom is -0.337 e. The molecule has 0 spiro atoms. The van der Waals surface area contributed by atoms with Crippen LogP contribution in [0, 0.1) is 11.3 Å². The van der Waals surface area contributed by atoms with Gasteiger partial charge in [0.05, 0.1) is 18.2 Å². The zero-order chi connectivity index (χ0) is 12.1. The van der Waals surface area contributed by atoms with Gasteiger partial charge in [-0.2, -0.15) is 5.26 Å². The van der Waals surface area contributed by atoms with Gasteiger partial charge in [0, 0.05) is 26.0 Å². The molecular formula is C13H14N4. The van der Waals surface area contributed by atoms with Crippen LogP contribution in [0.5, 0.6) is 0 Å². The van der Waals surface area contributed by atoms with Crippen molar-refractivity contribution in [1.82, 2.24) is 14.9 Å². The van der Waals surface area contributed by atoms with Crippen LogP contribution < -0.4 is 5.32 Å². The fourth-order valence-corrected chi connectivity index (χ4v) is 1.64. The van der Waals surface area contributed by atoms with Gasteiger partial charge in [-0.1, -0.05) is 12.1 Å². The summed E-state index contributed by atoms with van der Waals surface area (Å²) in [6.07, 6.45) is 3.71. The molecule has 0 bridgehead atoms. The van der Waals surface area contributed by atoms with Crippen molar-refractivity contribution in [2.45, 2.75) is 13.1 Å². The SMILES string of the molecule is Cn1ccnc1CNCc1cccc(C#N)c1. The summed E-state index contributed by atoms with van der Waals surface area (Å²) in [4.78, 5) is 4.23. The monoisotopic (exact) mass is 226 g/mol. The maximum absolute atomic E-state index is 8.79.